The molecule has 0 spiro atoms. The minimum absolute atomic E-state index is 0.211. The molecule has 3 rings (SSSR count). The van der Waals surface area contributed by atoms with E-state index in [-0.39, 0.29) is 5.91 Å². The first-order valence-electron chi connectivity index (χ1n) is 6.39. The number of hydrogen-bond donors (Lipinski definition) is 1. The highest BCUT2D eigenvalue weighted by Crippen LogP contribution is 2.37. The standard InChI is InChI=1S/C14H18N2O/c15-14-9-3-4-10-16(14)13(17)8-7-11-5-1-2-6-12(11)14/h1-2,5-6H,3-4,7-10,15H2. The molecule has 1 aromatic rings. The van der Waals surface area contributed by atoms with E-state index in [1.807, 2.05) is 17.0 Å². The average molecular weight is 230 g/mol. The van der Waals surface area contributed by atoms with Crippen LogP contribution in [0.1, 0.15) is 36.8 Å². The maximum Gasteiger partial charge on any atom is 0.224 e. The van der Waals surface area contributed by atoms with E-state index in [0.29, 0.717) is 6.42 Å². The molecule has 90 valence electrons. The van der Waals surface area contributed by atoms with Crippen LogP contribution in [0.5, 0.6) is 0 Å². The fourth-order valence-corrected chi connectivity index (χ4v) is 3.16. The van der Waals surface area contributed by atoms with Gasteiger partial charge in [0.2, 0.25) is 5.91 Å². The van der Waals surface area contributed by atoms with Crippen LogP contribution in [0, 0.1) is 0 Å². The van der Waals surface area contributed by atoms with Crippen molar-refractivity contribution in [3.05, 3.63) is 35.4 Å². The zero-order valence-corrected chi connectivity index (χ0v) is 9.98. The molecule has 3 heteroatoms. The number of aryl methyl sites for hydroxylation is 1. The van der Waals surface area contributed by atoms with Crippen LogP contribution in [0.2, 0.25) is 0 Å². The monoisotopic (exact) mass is 230 g/mol. The maximum absolute atomic E-state index is 12.2. The van der Waals surface area contributed by atoms with Gasteiger partial charge in [0, 0.05) is 13.0 Å². The molecule has 1 saturated heterocycles. The zero-order chi connectivity index (χ0) is 11.9. The molecule has 2 N–H and O–H groups in total. The van der Waals surface area contributed by atoms with Crippen LogP contribution in [-0.4, -0.2) is 17.4 Å². The SMILES string of the molecule is NC12CCCCN1C(=O)CCc1ccccc12. The Kier molecular flexibility index (Phi) is 2.44. The first kappa shape index (κ1) is 10.8. The molecule has 1 fully saturated rings. The van der Waals surface area contributed by atoms with Crippen molar-refractivity contribution in [3.63, 3.8) is 0 Å². The number of carbonyl (C=O) groups is 1. The van der Waals surface area contributed by atoms with Gasteiger partial charge in [-0.05, 0) is 36.8 Å². The Balaban J connectivity index is 2.14. The van der Waals surface area contributed by atoms with Crippen molar-refractivity contribution in [1.82, 2.24) is 4.90 Å². The Morgan fingerprint density at radius 3 is 2.88 bits per heavy atom. The summed E-state index contributed by atoms with van der Waals surface area (Å²) in [6, 6.07) is 8.25. The summed E-state index contributed by atoms with van der Waals surface area (Å²) in [5.41, 5.74) is 8.42. The molecule has 0 radical (unpaired) electrons. The topological polar surface area (TPSA) is 46.3 Å². The summed E-state index contributed by atoms with van der Waals surface area (Å²) in [5.74, 6) is 0.211. The van der Waals surface area contributed by atoms with Crippen LogP contribution < -0.4 is 5.73 Å². The van der Waals surface area contributed by atoms with Crippen molar-refractivity contribution < 1.29 is 4.79 Å². The Bertz CT molecular complexity index is 457. The molecule has 2 aliphatic heterocycles. The van der Waals surface area contributed by atoms with E-state index < -0.39 is 5.66 Å². The predicted octanol–water partition coefficient (Wildman–Crippen LogP) is 1.76. The van der Waals surface area contributed by atoms with Gasteiger partial charge in [-0.3, -0.25) is 4.79 Å². The van der Waals surface area contributed by atoms with Crippen LogP contribution in [-0.2, 0) is 16.9 Å². The summed E-state index contributed by atoms with van der Waals surface area (Å²) in [6.07, 6.45) is 4.48. The number of nitrogens with two attached hydrogens (primary N) is 1. The molecule has 1 atom stereocenters. The van der Waals surface area contributed by atoms with Gasteiger partial charge in [0.1, 0.15) is 5.66 Å². The molecule has 0 bridgehead atoms. The van der Waals surface area contributed by atoms with Crippen molar-refractivity contribution >= 4 is 5.91 Å². The summed E-state index contributed by atoms with van der Waals surface area (Å²) in [4.78, 5) is 14.1. The van der Waals surface area contributed by atoms with E-state index >= 15 is 0 Å². The average Bonchev–Trinajstić information content (AvgIpc) is 2.47. The van der Waals surface area contributed by atoms with Crippen LogP contribution in [0.4, 0.5) is 0 Å². The van der Waals surface area contributed by atoms with Crippen molar-refractivity contribution in [1.29, 1.82) is 0 Å². The Hall–Kier alpha value is -1.35. The van der Waals surface area contributed by atoms with E-state index in [1.165, 1.54) is 5.56 Å². The third kappa shape index (κ3) is 1.57. The molecule has 0 saturated carbocycles. The number of benzene rings is 1. The van der Waals surface area contributed by atoms with Crippen molar-refractivity contribution in [2.45, 2.75) is 37.8 Å². The molecule has 0 aromatic heterocycles. The molecule has 1 aromatic carbocycles. The first-order chi connectivity index (χ1) is 8.22. The highest BCUT2D eigenvalue weighted by molar-refractivity contribution is 5.78. The van der Waals surface area contributed by atoms with Gasteiger partial charge in [-0.25, -0.2) is 0 Å². The molecular weight excluding hydrogens is 212 g/mol. The minimum Gasteiger partial charge on any atom is -0.320 e. The molecule has 2 aliphatic rings. The van der Waals surface area contributed by atoms with Crippen LogP contribution in [0.25, 0.3) is 0 Å². The fraction of sp³-hybridized carbons (Fsp3) is 0.500. The van der Waals surface area contributed by atoms with Gasteiger partial charge in [-0.1, -0.05) is 24.3 Å². The van der Waals surface area contributed by atoms with Crippen LogP contribution in [0.15, 0.2) is 24.3 Å². The molecule has 0 aliphatic carbocycles. The summed E-state index contributed by atoms with van der Waals surface area (Å²) in [7, 11) is 0. The van der Waals surface area contributed by atoms with Gasteiger partial charge in [-0.2, -0.15) is 0 Å². The number of nitrogens with zero attached hydrogens (tertiary/aromatic N) is 1. The quantitative estimate of drug-likeness (QED) is 0.738. The van der Waals surface area contributed by atoms with Gasteiger partial charge in [-0.15, -0.1) is 0 Å². The summed E-state index contributed by atoms with van der Waals surface area (Å²) >= 11 is 0. The normalized spacial score (nSPS) is 28.3. The Morgan fingerprint density at radius 2 is 2.00 bits per heavy atom. The maximum atomic E-state index is 12.2. The lowest BCUT2D eigenvalue weighted by molar-refractivity contribution is -0.139. The number of amides is 1. The van der Waals surface area contributed by atoms with Gasteiger partial charge in [0.25, 0.3) is 0 Å². The predicted molar refractivity (Wildman–Crippen MR) is 66.2 cm³/mol. The van der Waals surface area contributed by atoms with Gasteiger partial charge >= 0.3 is 0 Å². The van der Waals surface area contributed by atoms with E-state index in [1.54, 1.807) is 0 Å². The fourth-order valence-electron chi connectivity index (χ4n) is 3.16. The zero-order valence-electron chi connectivity index (χ0n) is 9.98. The first-order valence-corrected chi connectivity index (χ1v) is 6.39. The number of rotatable bonds is 0. The summed E-state index contributed by atoms with van der Waals surface area (Å²) < 4.78 is 0. The summed E-state index contributed by atoms with van der Waals surface area (Å²) in [6.45, 7) is 0.809. The van der Waals surface area contributed by atoms with Crippen molar-refractivity contribution in [2.24, 2.45) is 5.73 Å². The summed E-state index contributed by atoms with van der Waals surface area (Å²) in [5, 5.41) is 0. The van der Waals surface area contributed by atoms with E-state index in [9.17, 15) is 4.79 Å². The molecule has 1 unspecified atom stereocenters. The van der Waals surface area contributed by atoms with Gasteiger partial charge in [0.05, 0.1) is 0 Å². The van der Waals surface area contributed by atoms with E-state index in [2.05, 4.69) is 12.1 Å². The van der Waals surface area contributed by atoms with Gasteiger partial charge < -0.3 is 10.6 Å². The largest absolute Gasteiger partial charge is 0.320 e. The highest BCUT2D eigenvalue weighted by atomic mass is 16.2. The molecule has 1 amide bonds. The second-order valence-corrected chi connectivity index (χ2v) is 5.08. The van der Waals surface area contributed by atoms with Gasteiger partial charge in [0.15, 0.2) is 0 Å². The number of piperidine rings is 1. The molecular formula is C14H18N2O. The van der Waals surface area contributed by atoms with Crippen LogP contribution >= 0.6 is 0 Å². The van der Waals surface area contributed by atoms with Crippen molar-refractivity contribution in [2.75, 3.05) is 6.54 Å². The highest BCUT2D eigenvalue weighted by Gasteiger charge is 2.42. The molecule has 17 heavy (non-hydrogen) atoms. The Morgan fingerprint density at radius 1 is 1.18 bits per heavy atom. The van der Waals surface area contributed by atoms with E-state index in [0.717, 1.165) is 37.8 Å². The smallest absolute Gasteiger partial charge is 0.224 e. The Labute approximate surface area is 102 Å². The lowest BCUT2D eigenvalue weighted by Gasteiger charge is -2.44. The number of fused-ring (bicyclic) bond motifs is 3. The number of carbonyl (C=O) groups excluding carboxylic acids is 1. The lowest BCUT2D eigenvalue weighted by Crippen LogP contribution is -2.57. The van der Waals surface area contributed by atoms with E-state index in [4.69, 9.17) is 5.73 Å². The lowest BCUT2D eigenvalue weighted by atomic mass is 9.87. The van der Waals surface area contributed by atoms with Crippen LogP contribution in [0.3, 0.4) is 0 Å². The minimum atomic E-state index is -0.553. The number of hydrogen-bond acceptors (Lipinski definition) is 2. The third-order valence-corrected chi connectivity index (χ3v) is 4.06. The third-order valence-electron chi connectivity index (χ3n) is 4.06. The van der Waals surface area contributed by atoms with Crippen molar-refractivity contribution in [3.8, 4) is 0 Å². The molecule has 2 heterocycles. The molecule has 3 nitrogen and oxygen atoms in total. The second-order valence-electron chi connectivity index (χ2n) is 5.08. The second kappa shape index (κ2) is 3.84.